The second-order valence-corrected chi connectivity index (χ2v) is 12.4. The van der Waals surface area contributed by atoms with Crippen LogP contribution in [0.4, 0.5) is 0 Å². The highest BCUT2D eigenvalue weighted by molar-refractivity contribution is 6.78. The Labute approximate surface area is 124 Å². The first-order chi connectivity index (χ1) is 9.29. The molecule has 0 aromatic heterocycles. The van der Waals surface area contributed by atoms with Crippen LogP contribution in [0.5, 0.6) is 5.75 Å². The standard InChI is InChI=1S/C17H28O2Si/c1-11(2)20(12(3)4,13(5)6)19-15-7-8-16-14(9-15)10-17(16)18/h7-9,11-13,17-18H,10H2,1-6H3. The molecule has 1 aliphatic carbocycles. The zero-order valence-corrected chi connectivity index (χ0v) is 14.6. The van der Waals surface area contributed by atoms with Gasteiger partial charge in [-0.3, -0.25) is 0 Å². The number of aliphatic hydroxyl groups is 1. The largest absolute Gasteiger partial charge is 0.543 e. The van der Waals surface area contributed by atoms with Gasteiger partial charge in [0.1, 0.15) is 5.75 Å². The Kier molecular flexibility index (Phi) is 4.31. The highest BCUT2D eigenvalue weighted by atomic mass is 28.4. The van der Waals surface area contributed by atoms with Crippen LogP contribution in [0.25, 0.3) is 0 Å². The summed E-state index contributed by atoms with van der Waals surface area (Å²) in [6.45, 7) is 13.8. The molecule has 2 nitrogen and oxygen atoms in total. The third-order valence-corrected chi connectivity index (χ3v) is 10.9. The van der Waals surface area contributed by atoms with E-state index in [4.69, 9.17) is 4.43 Å². The van der Waals surface area contributed by atoms with E-state index in [1.807, 2.05) is 12.1 Å². The van der Waals surface area contributed by atoms with Crippen molar-refractivity contribution in [3.8, 4) is 5.75 Å². The first-order valence-corrected chi connectivity index (χ1v) is 9.93. The fourth-order valence-electron chi connectivity index (χ4n) is 3.89. The number of rotatable bonds is 5. The van der Waals surface area contributed by atoms with E-state index in [0.29, 0.717) is 16.6 Å². The molecule has 3 heteroatoms. The molecule has 112 valence electrons. The minimum atomic E-state index is -1.86. The van der Waals surface area contributed by atoms with Gasteiger partial charge < -0.3 is 9.53 Å². The summed E-state index contributed by atoms with van der Waals surface area (Å²) in [6.07, 6.45) is 0.507. The van der Waals surface area contributed by atoms with Crippen molar-refractivity contribution in [3.63, 3.8) is 0 Å². The normalized spacial score (nSPS) is 18.4. The fraction of sp³-hybridized carbons (Fsp3) is 0.647. The second kappa shape index (κ2) is 5.53. The number of hydrogen-bond acceptors (Lipinski definition) is 2. The maximum Gasteiger partial charge on any atom is 0.258 e. The van der Waals surface area contributed by atoms with Gasteiger partial charge in [-0.25, -0.2) is 0 Å². The van der Waals surface area contributed by atoms with Crippen LogP contribution in [0.2, 0.25) is 16.6 Å². The molecule has 1 aromatic rings. The maximum atomic E-state index is 9.66. The van der Waals surface area contributed by atoms with E-state index in [1.54, 1.807) is 0 Å². The van der Waals surface area contributed by atoms with Gasteiger partial charge in [0.25, 0.3) is 8.32 Å². The summed E-state index contributed by atoms with van der Waals surface area (Å²) in [4.78, 5) is 0. The SMILES string of the molecule is CC(C)[Si](Oc1ccc2c(c1)CC2O)(C(C)C)C(C)C. The van der Waals surface area contributed by atoms with Gasteiger partial charge in [0.2, 0.25) is 0 Å². The fourth-order valence-corrected chi connectivity index (χ4v) is 9.13. The number of fused-ring (bicyclic) bond motifs is 1. The van der Waals surface area contributed by atoms with Gasteiger partial charge in [0.15, 0.2) is 0 Å². The van der Waals surface area contributed by atoms with Crippen LogP contribution in [0.15, 0.2) is 18.2 Å². The third-order valence-electron chi connectivity index (χ3n) is 4.89. The van der Waals surface area contributed by atoms with Gasteiger partial charge in [-0.1, -0.05) is 47.6 Å². The van der Waals surface area contributed by atoms with Crippen LogP contribution < -0.4 is 4.43 Å². The Morgan fingerprint density at radius 3 is 2.00 bits per heavy atom. The van der Waals surface area contributed by atoms with Crippen molar-refractivity contribution in [2.75, 3.05) is 0 Å². The molecule has 0 amide bonds. The topological polar surface area (TPSA) is 29.5 Å². The second-order valence-electron chi connectivity index (χ2n) is 7.00. The van der Waals surface area contributed by atoms with Crippen LogP contribution in [-0.2, 0) is 6.42 Å². The molecule has 1 atom stereocenters. The van der Waals surface area contributed by atoms with E-state index in [1.165, 1.54) is 5.56 Å². The molecule has 1 unspecified atom stereocenters. The summed E-state index contributed by atoms with van der Waals surface area (Å²) in [5, 5.41) is 9.66. The van der Waals surface area contributed by atoms with Crippen molar-refractivity contribution in [1.82, 2.24) is 0 Å². The van der Waals surface area contributed by atoms with E-state index in [2.05, 4.69) is 47.6 Å². The molecule has 0 fully saturated rings. The Balaban J connectivity index is 2.31. The molecule has 20 heavy (non-hydrogen) atoms. The van der Waals surface area contributed by atoms with Gasteiger partial charge in [-0.05, 0) is 39.9 Å². The summed E-state index contributed by atoms with van der Waals surface area (Å²) in [5.41, 5.74) is 4.06. The molecule has 0 saturated carbocycles. The lowest BCUT2D eigenvalue weighted by Crippen LogP contribution is -2.50. The van der Waals surface area contributed by atoms with E-state index in [9.17, 15) is 5.11 Å². The van der Waals surface area contributed by atoms with Crippen LogP contribution in [-0.4, -0.2) is 13.4 Å². The first-order valence-electron chi connectivity index (χ1n) is 7.79. The van der Waals surface area contributed by atoms with E-state index in [0.717, 1.165) is 17.7 Å². The van der Waals surface area contributed by atoms with Gasteiger partial charge >= 0.3 is 0 Å². The summed E-state index contributed by atoms with van der Waals surface area (Å²) in [5.74, 6) is 0.999. The highest BCUT2D eigenvalue weighted by Crippen LogP contribution is 2.44. The van der Waals surface area contributed by atoms with Crippen LogP contribution in [0.3, 0.4) is 0 Å². The molecular weight excluding hydrogens is 264 g/mol. The molecule has 0 radical (unpaired) electrons. The maximum absolute atomic E-state index is 9.66. The van der Waals surface area contributed by atoms with Crippen LogP contribution >= 0.6 is 0 Å². The molecule has 0 spiro atoms. The average molecular weight is 292 g/mol. The Hall–Kier alpha value is -0.803. The van der Waals surface area contributed by atoms with Crippen molar-refractivity contribution < 1.29 is 9.53 Å². The average Bonchev–Trinajstić information content (AvgIpc) is 2.33. The Morgan fingerprint density at radius 1 is 1.05 bits per heavy atom. The van der Waals surface area contributed by atoms with Crippen LogP contribution in [0, 0.1) is 0 Å². The smallest absolute Gasteiger partial charge is 0.258 e. The van der Waals surface area contributed by atoms with E-state index < -0.39 is 8.32 Å². The predicted octanol–water partition coefficient (Wildman–Crippen LogP) is 4.83. The van der Waals surface area contributed by atoms with Crippen molar-refractivity contribution in [1.29, 1.82) is 0 Å². The van der Waals surface area contributed by atoms with Crippen molar-refractivity contribution in [2.45, 2.75) is 70.7 Å². The minimum absolute atomic E-state index is 0.263. The summed E-state index contributed by atoms with van der Waals surface area (Å²) in [6, 6.07) is 6.20. The van der Waals surface area contributed by atoms with E-state index >= 15 is 0 Å². The molecule has 0 heterocycles. The number of hydrogen-bond donors (Lipinski definition) is 1. The first kappa shape index (κ1) is 15.6. The molecule has 0 saturated heterocycles. The zero-order chi connectivity index (χ0) is 15.1. The molecule has 0 aliphatic heterocycles. The van der Waals surface area contributed by atoms with Gasteiger partial charge in [0, 0.05) is 6.42 Å². The molecule has 1 N–H and O–H groups in total. The molecule has 0 bridgehead atoms. The number of aliphatic hydroxyl groups excluding tert-OH is 1. The third kappa shape index (κ3) is 2.42. The Bertz CT molecular complexity index is 458. The zero-order valence-electron chi connectivity index (χ0n) is 13.6. The lowest BCUT2D eigenvalue weighted by Gasteiger charge is -2.42. The number of benzene rings is 1. The van der Waals surface area contributed by atoms with Gasteiger partial charge in [-0.15, -0.1) is 0 Å². The molecule has 1 aliphatic rings. The van der Waals surface area contributed by atoms with Gasteiger partial charge in [-0.2, -0.15) is 0 Å². The van der Waals surface area contributed by atoms with Crippen LogP contribution in [0.1, 0.15) is 58.8 Å². The van der Waals surface area contributed by atoms with Crippen molar-refractivity contribution in [2.24, 2.45) is 0 Å². The monoisotopic (exact) mass is 292 g/mol. The highest BCUT2D eigenvalue weighted by Gasteiger charge is 2.47. The Morgan fingerprint density at radius 2 is 1.60 bits per heavy atom. The summed E-state index contributed by atoms with van der Waals surface area (Å²) < 4.78 is 6.65. The van der Waals surface area contributed by atoms with Crippen molar-refractivity contribution in [3.05, 3.63) is 29.3 Å². The summed E-state index contributed by atoms with van der Waals surface area (Å²) >= 11 is 0. The predicted molar refractivity (Wildman–Crippen MR) is 86.8 cm³/mol. The van der Waals surface area contributed by atoms with Gasteiger partial charge in [0.05, 0.1) is 6.10 Å². The molecule has 1 aromatic carbocycles. The van der Waals surface area contributed by atoms with Crippen molar-refractivity contribution >= 4 is 8.32 Å². The minimum Gasteiger partial charge on any atom is -0.543 e. The summed E-state index contributed by atoms with van der Waals surface area (Å²) in [7, 11) is -1.86. The lowest BCUT2D eigenvalue weighted by molar-refractivity contribution is 0.153. The quantitative estimate of drug-likeness (QED) is 0.788. The molecular formula is C17H28O2Si. The lowest BCUT2D eigenvalue weighted by atomic mass is 9.85. The molecule has 2 rings (SSSR count). The van der Waals surface area contributed by atoms with E-state index in [-0.39, 0.29) is 6.10 Å².